The maximum absolute atomic E-state index is 12.5. The van der Waals surface area contributed by atoms with Gasteiger partial charge in [0.25, 0.3) is 0 Å². The molecule has 1 unspecified atom stereocenters. The number of phosphoric acid groups is 2. The Hall–Kier alpha value is -1.51. The summed E-state index contributed by atoms with van der Waals surface area (Å²) in [5.41, 5.74) is -0.913. The van der Waals surface area contributed by atoms with Gasteiger partial charge in [0, 0.05) is 12.6 Å². The van der Waals surface area contributed by atoms with Crippen molar-refractivity contribution in [3.05, 3.63) is 22.7 Å². The minimum absolute atomic E-state index is 0.00101. The molecule has 17 heteroatoms. The molecule has 0 saturated carbocycles. The summed E-state index contributed by atoms with van der Waals surface area (Å²) in [5, 5.41) is 23.0. The summed E-state index contributed by atoms with van der Waals surface area (Å²) >= 11 is 0. The number of unbranched alkanes of at least 4 members (excludes halogenated alkanes) is 11. The van der Waals surface area contributed by atoms with Gasteiger partial charge >= 0.3 is 21.3 Å². The molecule has 5 atom stereocenters. The van der Waals surface area contributed by atoms with Crippen molar-refractivity contribution in [3.63, 3.8) is 0 Å². The zero-order valence-electron chi connectivity index (χ0n) is 23.2. The molecule has 2 rings (SSSR count). The van der Waals surface area contributed by atoms with Gasteiger partial charge in [-0.3, -0.25) is 13.9 Å². The van der Waals surface area contributed by atoms with E-state index in [2.05, 4.69) is 26.1 Å². The van der Waals surface area contributed by atoms with Crippen LogP contribution in [-0.4, -0.2) is 65.3 Å². The third-order valence-corrected chi connectivity index (χ3v) is 8.73. The number of amides is 1. The second-order valence-electron chi connectivity index (χ2n) is 10.1. The average Bonchev–Trinajstić information content (AvgIpc) is 3.15. The third kappa shape index (κ3) is 13.6. The number of aromatic nitrogens is 2. The first kappa shape index (κ1) is 35.7. The molecule has 0 spiro atoms. The summed E-state index contributed by atoms with van der Waals surface area (Å²) in [6.07, 6.45) is 9.27. The molecule has 0 aliphatic carbocycles. The van der Waals surface area contributed by atoms with Crippen LogP contribution >= 0.6 is 15.6 Å². The highest BCUT2D eigenvalue weighted by molar-refractivity contribution is 7.60. The van der Waals surface area contributed by atoms with E-state index in [-0.39, 0.29) is 18.1 Å². The Labute approximate surface area is 239 Å². The van der Waals surface area contributed by atoms with Crippen LogP contribution in [0.4, 0.5) is 5.82 Å². The Morgan fingerprint density at radius 1 is 0.976 bits per heavy atom. The van der Waals surface area contributed by atoms with E-state index in [1.807, 2.05) is 0 Å². The highest BCUT2D eigenvalue weighted by Crippen LogP contribution is 2.57. The fraction of sp³-hybridized carbons (Fsp3) is 0.792. The zero-order valence-corrected chi connectivity index (χ0v) is 25.0. The number of carbonyl (C=O) groups is 1. The molecule has 1 aliphatic rings. The molecule has 2 heterocycles. The Kier molecular flexibility index (Phi) is 15.3. The van der Waals surface area contributed by atoms with E-state index in [0.29, 0.717) is 6.42 Å². The number of rotatable bonds is 20. The van der Waals surface area contributed by atoms with Crippen LogP contribution in [0.2, 0.25) is 0 Å². The van der Waals surface area contributed by atoms with Crippen LogP contribution in [0, 0.1) is 0 Å². The molecule has 1 saturated heterocycles. The first-order chi connectivity index (χ1) is 19.3. The third-order valence-electron chi connectivity index (χ3n) is 6.58. The maximum atomic E-state index is 12.5. The number of nitrogens with one attached hydrogen (secondary N) is 1. The van der Waals surface area contributed by atoms with Crippen LogP contribution in [-0.2, 0) is 27.5 Å². The van der Waals surface area contributed by atoms with Gasteiger partial charge in [-0.25, -0.2) is 13.9 Å². The van der Waals surface area contributed by atoms with E-state index in [1.165, 1.54) is 63.6 Å². The topological polar surface area (TPSA) is 227 Å². The number of anilines is 1. The van der Waals surface area contributed by atoms with Crippen molar-refractivity contribution in [3.8, 4) is 0 Å². The molecule has 1 amide bonds. The number of carbonyl (C=O) groups excluding carboxylic acids is 1. The largest absolute Gasteiger partial charge is 0.481 e. The van der Waals surface area contributed by atoms with Gasteiger partial charge in [0.15, 0.2) is 6.23 Å². The lowest BCUT2D eigenvalue weighted by Crippen LogP contribution is -2.36. The molecule has 0 radical (unpaired) electrons. The van der Waals surface area contributed by atoms with Gasteiger partial charge in [-0.05, 0) is 12.5 Å². The molecule has 236 valence electrons. The summed E-state index contributed by atoms with van der Waals surface area (Å²) in [6.45, 7) is 1.31. The van der Waals surface area contributed by atoms with Gasteiger partial charge in [0.2, 0.25) is 5.91 Å². The summed E-state index contributed by atoms with van der Waals surface area (Å²) < 4.78 is 36.6. The number of aliphatic hydroxyl groups is 2. The SMILES string of the molecule is CCCCCCCCCCCCCCC(=O)Nc1ccn([C@@H]2O[C@H](COP(=O)(O)OP(=O)(O)O)[C@@H](O)[C@H]2O)c(=O)n1. The number of ether oxygens (including phenoxy) is 1. The summed E-state index contributed by atoms with van der Waals surface area (Å²) in [5.74, 6) is -0.295. The van der Waals surface area contributed by atoms with Crippen molar-refractivity contribution in [2.24, 2.45) is 0 Å². The number of hydrogen-bond donors (Lipinski definition) is 6. The molecule has 15 nitrogen and oxygen atoms in total. The Bertz CT molecular complexity index is 1100. The second kappa shape index (κ2) is 17.6. The van der Waals surface area contributed by atoms with E-state index in [1.54, 1.807) is 0 Å². The van der Waals surface area contributed by atoms with E-state index in [9.17, 15) is 33.8 Å². The Morgan fingerprint density at radius 3 is 2.07 bits per heavy atom. The van der Waals surface area contributed by atoms with E-state index >= 15 is 0 Å². The lowest BCUT2D eigenvalue weighted by atomic mass is 10.0. The number of aliphatic hydroxyl groups excluding tert-OH is 2. The first-order valence-corrected chi connectivity index (χ1v) is 17.0. The molecular formula is C24H43N3O12P2. The smallest absolute Gasteiger partial charge is 0.387 e. The molecule has 1 aromatic rings. The second-order valence-corrected chi connectivity index (χ2v) is 12.9. The van der Waals surface area contributed by atoms with Crippen molar-refractivity contribution >= 4 is 27.4 Å². The fourth-order valence-corrected chi connectivity index (χ4v) is 6.03. The van der Waals surface area contributed by atoms with Crippen molar-refractivity contribution in [1.82, 2.24) is 9.55 Å². The standard InChI is InChI=1S/C24H43N3O12P2/c1-2-3-4-5-6-7-8-9-10-11-12-13-14-20(28)25-19-15-16-27(24(31)26-19)23-22(30)21(29)18(38-23)17-37-41(35,36)39-40(32,33)34/h15-16,18,21-23,29-30H,2-14,17H2,1H3,(H,35,36)(H2,32,33,34)(H,25,26,28,31)/t18-,21-,22-,23-/m1/s1. The van der Waals surface area contributed by atoms with Crippen LogP contribution in [0.15, 0.2) is 17.1 Å². The van der Waals surface area contributed by atoms with E-state index in [0.717, 1.165) is 23.8 Å². The number of phosphoric ester groups is 1. The highest BCUT2D eigenvalue weighted by atomic mass is 31.3. The van der Waals surface area contributed by atoms with Crippen molar-refractivity contribution in [2.45, 2.75) is 115 Å². The molecule has 6 N–H and O–H groups in total. The predicted octanol–water partition coefficient (Wildman–Crippen LogP) is 3.12. The fourth-order valence-electron chi connectivity index (χ4n) is 4.43. The van der Waals surface area contributed by atoms with Crippen LogP contribution in [0.1, 0.15) is 96.6 Å². The van der Waals surface area contributed by atoms with Crippen LogP contribution < -0.4 is 11.0 Å². The summed E-state index contributed by atoms with van der Waals surface area (Å²) in [4.78, 5) is 55.2. The lowest BCUT2D eigenvalue weighted by Gasteiger charge is -2.18. The highest BCUT2D eigenvalue weighted by Gasteiger charge is 2.45. The van der Waals surface area contributed by atoms with Gasteiger partial charge < -0.3 is 34.9 Å². The molecule has 0 bridgehead atoms. The number of nitrogens with zero attached hydrogens (tertiary/aromatic N) is 2. The minimum Gasteiger partial charge on any atom is -0.387 e. The normalized spacial score (nSPS) is 22.5. The molecule has 1 aromatic heterocycles. The molecule has 0 aromatic carbocycles. The molecule has 1 fully saturated rings. The van der Waals surface area contributed by atoms with Gasteiger partial charge in [0.1, 0.15) is 24.1 Å². The number of hydrogen-bond acceptors (Lipinski definition) is 10. The molecular weight excluding hydrogens is 584 g/mol. The Balaban J connectivity index is 1.73. The monoisotopic (exact) mass is 627 g/mol. The first-order valence-electron chi connectivity index (χ1n) is 14.0. The summed E-state index contributed by atoms with van der Waals surface area (Å²) in [6, 6.07) is 1.31. The minimum atomic E-state index is -5.35. The molecule has 41 heavy (non-hydrogen) atoms. The predicted molar refractivity (Wildman–Crippen MR) is 148 cm³/mol. The van der Waals surface area contributed by atoms with Gasteiger partial charge in [0.05, 0.1) is 6.61 Å². The lowest BCUT2D eigenvalue weighted by molar-refractivity contribution is -0.116. The average molecular weight is 628 g/mol. The molecule has 1 aliphatic heterocycles. The van der Waals surface area contributed by atoms with Gasteiger partial charge in [-0.2, -0.15) is 9.29 Å². The Morgan fingerprint density at radius 2 is 1.54 bits per heavy atom. The van der Waals surface area contributed by atoms with Crippen LogP contribution in [0.3, 0.4) is 0 Å². The zero-order chi connectivity index (χ0) is 30.5. The van der Waals surface area contributed by atoms with E-state index < -0.39 is 52.5 Å². The van der Waals surface area contributed by atoms with E-state index in [4.69, 9.17) is 14.5 Å². The van der Waals surface area contributed by atoms with Crippen molar-refractivity contribution < 1.29 is 52.4 Å². The maximum Gasteiger partial charge on any atom is 0.481 e. The summed E-state index contributed by atoms with van der Waals surface area (Å²) in [7, 11) is -10.6. The van der Waals surface area contributed by atoms with Gasteiger partial charge in [-0.15, -0.1) is 0 Å². The van der Waals surface area contributed by atoms with Crippen LogP contribution in [0.5, 0.6) is 0 Å². The van der Waals surface area contributed by atoms with Gasteiger partial charge in [-0.1, -0.05) is 77.6 Å². The van der Waals surface area contributed by atoms with Crippen molar-refractivity contribution in [2.75, 3.05) is 11.9 Å². The van der Waals surface area contributed by atoms with Crippen LogP contribution in [0.25, 0.3) is 0 Å². The quantitative estimate of drug-likeness (QED) is 0.0903. The van der Waals surface area contributed by atoms with Crippen molar-refractivity contribution in [1.29, 1.82) is 0 Å².